The van der Waals surface area contributed by atoms with Gasteiger partial charge in [-0.05, 0) is 32.5 Å². The average Bonchev–Trinajstić information content (AvgIpc) is 2.74. The van der Waals surface area contributed by atoms with Crippen molar-refractivity contribution in [2.45, 2.75) is 33.4 Å². The van der Waals surface area contributed by atoms with Gasteiger partial charge < -0.3 is 10.5 Å². The predicted octanol–water partition coefficient (Wildman–Crippen LogP) is 2.34. The lowest BCUT2D eigenvalue weighted by Crippen LogP contribution is -2.07. The van der Waals surface area contributed by atoms with Gasteiger partial charge in [-0.2, -0.15) is 5.10 Å². The molecule has 2 rings (SSSR count). The van der Waals surface area contributed by atoms with Crippen molar-refractivity contribution in [1.82, 2.24) is 14.8 Å². The van der Waals surface area contributed by atoms with Crippen LogP contribution >= 0.6 is 11.6 Å². The summed E-state index contributed by atoms with van der Waals surface area (Å²) in [4.78, 5) is 4.29. The van der Waals surface area contributed by atoms with Crippen LogP contribution < -0.4 is 10.5 Å². The molecular weight excluding hydrogens is 276 g/mol. The topological polar surface area (TPSA) is 66.0 Å². The molecule has 2 heterocycles. The molecule has 0 atom stereocenters. The maximum absolute atomic E-state index is 6.23. The van der Waals surface area contributed by atoms with Gasteiger partial charge in [0.1, 0.15) is 12.4 Å². The predicted molar refractivity (Wildman–Crippen MR) is 79.0 cm³/mol. The molecule has 6 heteroatoms. The minimum absolute atomic E-state index is 0.380. The fraction of sp³-hybridized carbons (Fsp3) is 0.429. The Hall–Kier alpha value is -1.59. The molecule has 0 radical (unpaired) electrons. The highest BCUT2D eigenvalue weighted by molar-refractivity contribution is 6.31. The van der Waals surface area contributed by atoms with Crippen molar-refractivity contribution in [2.75, 3.05) is 6.54 Å². The molecule has 0 aliphatic carbocycles. The summed E-state index contributed by atoms with van der Waals surface area (Å²) in [6.45, 7) is 5.65. The van der Waals surface area contributed by atoms with E-state index in [-0.39, 0.29) is 0 Å². The molecule has 5 nitrogen and oxygen atoms in total. The van der Waals surface area contributed by atoms with Crippen molar-refractivity contribution in [1.29, 1.82) is 0 Å². The number of pyridine rings is 1. The van der Waals surface area contributed by atoms with Gasteiger partial charge in [0.2, 0.25) is 0 Å². The maximum atomic E-state index is 6.23. The minimum Gasteiger partial charge on any atom is -0.486 e. The highest BCUT2D eigenvalue weighted by Crippen LogP contribution is 2.22. The highest BCUT2D eigenvalue weighted by atomic mass is 35.5. The van der Waals surface area contributed by atoms with Crippen LogP contribution in [0.15, 0.2) is 18.3 Å². The first-order valence-corrected chi connectivity index (χ1v) is 7.03. The Morgan fingerprint density at radius 2 is 2.20 bits per heavy atom. The molecule has 0 aromatic carbocycles. The zero-order chi connectivity index (χ0) is 14.5. The summed E-state index contributed by atoms with van der Waals surface area (Å²) in [5.74, 6) is 0.711. The first-order chi connectivity index (χ1) is 9.65. The van der Waals surface area contributed by atoms with Crippen LogP contribution in [0.4, 0.5) is 0 Å². The molecule has 20 heavy (non-hydrogen) atoms. The van der Waals surface area contributed by atoms with E-state index < -0.39 is 0 Å². The van der Waals surface area contributed by atoms with E-state index in [1.54, 1.807) is 6.20 Å². The fourth-order valence-electron chi connectivity index (χ4n) is 1.95. The smallest absolute Gasteiger partial charge is 0.138 e. The largest absolute Gasteiger partial charge is 0.486 e. The summed E-state index contributed by atoms with van der Waals surface area (Å²) in [6.07, 6.45) is 2.48. The Bertz CT molecular complexity index is 565. The lowest BCUT2D eigenvalue weighted by Gasteiger charge is -2.08. The second-order valence-corrected chi connectivity index (χ2v) is 4.85. The third-order valence-electron chi connectivity index (χ3n) is 3.03. The molecule has 0 aliphatic rings. The van der Waals surface area contributed by atoms with Gasteiger partial charge in [0.25, 0.3) is 0 Å². The van der Waals surface area contributed by atoms with Gasteiger partial charge in [-0.1, -0.05) is 11.6 Å². The van der Waals surface area contributed by atoms with Crippen LogP contribution in [0.1, 0.15) is 24.0 Å². The zero-order valence-corrected chi connectivity index (χ0v) is 12.5. The molecule has 0 spiro atoms. The third kappa shape index (κ3) is 3.29. The normalized spacial score (nSPS) is 10.8. The van der Waals surface area contributed by atoms with Crippen molar-refractivity contribution < 1.29 is 4.74 Å². The Labute approximate surface area is 123 Å². The van der Waals surface area contributed by atoms with E-state index in [4.69, 9.17) is 22.1 Å². The van der Waals surface area contributed by atoms with Gasteiger partial charge in [0.15, 0.2) is 0 Å². The van der Waals surface area contributed by atoms with Crippen LogP contribution in [0.5, 0.6) is 5.75 Å². The third-order valence-corrected chi connectivity index (χ3v) is 3.52. The molecule has 2 aromatic heterocycles. The van der Waals surface area contributed by atoms with Gasteiger partial charge in [-0.15, -0.1) is 0 Å². The van der Waals surface area contributed by atoms with Gasteiger partial charge in [-0.3, -0.25) is 9.67 Å². The van der Waals surface area contributed by atoms with Crippen LogP contribution in [0.3, 0.4) is 0 Å². The summed E-state index contributed by atoms with van der Waals surface area (Å²) in [5, 5.41) is 5.02. The lowest BCUT2D eigenvalue weighted by atomic mass is 10.3. The van der Waals surface area contributed by atoms with Crippen LogP contribution in [-0.2, 0) is 19.6 Å². The lowest BCUT2D eigenvalue weighted by molar-refractivity contribution is 0.291. The van der Waals surface area contributed by atoms with E-state index >= 15 is 0 Å². The zero-order valence-electron chi connectivity index (χ0n) is 11.8. The number of halogens is 1. The summed E-state index contributed by atoms with van der Waals surface area (Å²) >= 11 is 6.23. The van der Waals surface area contributed by atoms with Gasteiger partial charge in [-0.25, -0.2) is 0 Å². The number of nitrogens with zero attached hydrogens (tertiary/aromatic N) is 3. The molecule has 0 saturated heterocycles. The average molecular weight is 295 g/mol. The summed E-state index contributed by atoms with van der Waals surface area (Å²) in [7, 11) is 0. The van der Waals surface area contributed by atoms with E-state index in [0.29, 0.717) is 23.9 Å². The van der Waals surface area contributed by atoms with E-state index in [0.717, 1.165) is 30.0 Å². The summed E-state index contributed by atoms with van der Waals surface area (Å²) in [6, 6.07) is 3.82. The molecular formula is C14H19ClN4O. The number of hydrogen-bond acceptors (Lipinski definition) is 4. The van der Waals surface area contributed by atoms with Crippen LogP contribution in [0.25, 0.3) is 0 Å². The van der Waals surface area contributed by atoms with Crippen LogP contribution in [0.2, 0.25) is 5.02 Å². The molecule has 0 fully saturated rings. The van der Waals surface area contributed by atoms with Crippen LogP contribution in [0, 0.1) is 6.92 Å². The Morgan fingerprint density at radius 1 is 1.40 bits per heavy atom. The number of ether oxygens (including phenoxy) is 1. The van der Waals surface area contributed by atoms with Gasteiger partial charge >= 0.3 is 0 Å². The van der Waals surface area contributed by atoms with Crippen molar-refractivity contribution in [3.63, 3.8) is 0 Å². The molecule has 0 saturated carbocycles. The second-order valence-electron chi connectivity index (χ2n) is 4.47. The van der Waals surface area contributed by atoms with E-state index in [1.165, 1.54) is 0 Å². The van der Waals surface area contributed by atoms with Crippen molar-refractivity contribution in [3.8, 4) is 5.75 Å². The number of rotatable bonds is 6. The highest BCUT2D eigenvalue weighted by Gasteiger charge is 2.13. The maximum Gasteiger partial charge on any atom is 0.138 e. The molecule has 0 amide bonds. The van der Waals surface area contributed by atoms with Crippen LogP contribution in [-0.4, -0.2) is 21.3 Å². The Morgan fingerprint density at radius 3 is 2.80 bits per heavy atom. The summed E-state index contributed by atoms with van der Waals surface area (Å²) < 4.78 is 7.58. The fourth-order valence-corrected chi connectivity index (χ4v) is 2.14. The first kappa shape index (κ1) is 14.8. The monoisotopic (exact) mass is 294 g/mol. The molecule has 108 valence electrons. The molecule has 0 bridgehead atoms. The molecule has 0 aliphatic heterocycles. The number of hydrogen-bond donors (Lipinski definition) is 1. The standard InChI is InChI=1S/C14H19ClN4O/c1-3-19-13(14(15)10(2)18-19)9-20-12-5-4-11(6-7-16)17-8-12/h4-5,8H,3,6-7,9,16H2,1-2H3. The van der Waals surface area contributed by atoms with E-state index in [9.17, 15) is 0 Å². The minimum atomic E-state index is 0.380. The quantitative estimate of drug-likeness (QED) is 0.888. The molecule has 2 aromatic rings. The molecule has 0 unspecified atom stereocenters. The molecule has 2 N–H and O–H groups in total. The summed E-state index contributed by atoms with van der Waals surface area (Å²) in [5.41, 5.74) is 8.16. The van der Waals surface area contributed by atoms with Gasteiger partial charge in [0, 0.05) is 18.7 Å². The SMILES string of the molecule is CCn1nc(C)c(Cl)c1COc1ccc(CCN)nc1. The van der Waals surface area contributed by atoms with Crippen molar-refractivity contribution in [2.24, 2.45) is 5.73 Å². The van der Waals surface area contributed by atoms with Gasteiger partial charge in [0.05, 0.1) is 22.6 Å². The number of nitrogens with two attached hydrogens (primary N) is 1. The second kappa shape index (κ2) is 6.72. The number of aromatic nitrogens is 3. The number of aryl methyl sites for hydroxylation is 2. The van der Waals surface area contributed by atoms with E-state index in [2.05, 4.69) is 10.1 Å². The van der Waals surface area contributed by atoms with Crippen molar-refractivity contribution in [3.05, 3.63) is 40.4 Å². The van der Waals surface area contributed by atoms with Crippen molar-refractivity contribution >= 4 is 11.6 Å². The first-order valence-electron chi connectivity index (χ1n) is 6.65. The Kier molecular flexibility index (Phi) is 4.98. The Balaban J connectivity index is 2.05. The van der Waals surface area contributed by atoms with E-state index in [1.807, 2.05) is 30.7 Å².